The molecule has 2 atom stereocenters. The fourth-order valence-corrected chi connectivity index (χ4v) is 2.82. The van der Waals surface area contributed by atoms with Gasteiger partial charge in [-0.05, 0) is 31.9 Å². The van der Waals surface area contributed by atoms with Gasteiger partial charge in [0.2, 0.25) is 0 Å². The Kier molecular flexibility index (Phi) is 4.66. The molecule has 1 saturated heterocycles. The molecule has 0 aliphatic carbocycles. The number of rotatable bonds is 2. The van der Waals surface area contributed by atoms with Crippen LogP contribution in [0.15, 0.2) is 12.1 Å². The normalized spacial score (nSPS) is 21.3. The first kappa shape index (κ1) is 14.6. The van der Waals surface area contributed by atoms with E-state index in [1.54, 1.807) is 11.8 Å². The van der Waals surface area contributed by atoms with Crippen molar-refractivity contribution in [2.45, 2.75) is 25.9 Å². The van der Waals surface area contributed by atoms with Crippen molar-refractivity contribution in [2.24, 2.45) is 5.92 Å². The molecular formula is C13H16Cl2N2O2. The van der Waals surface area contributed by atoms with Gasteiger partial charge < -0.3 is 10.0 Å². The molecule has 2 heterocycles. The number of hydrogen-bond acceptors (Lipinski definition) is 3. The van der Waals surface area contributed by atoms with Crippen LogP contribution in [-0.4, -0.2) is 40.1 Å². The van der Waals surface area contributed by atoms with Crippen molar-refractivity contribution in [3.8, 4) is 0 Å². The van der Waals surface area contributed by atoms with E-state index in [-0.39, 0.29) is 22.1 Å². The third kappa shape index (κ3) is 3.59. The van der Waals surface area contributed by atoms with Crippen LogP contribution in [0.4, 0.5) is 0 Å². The SMILES string of the molecule is CC(O)C1CCCN(C(=O)c2cc(Cl)nc(Cl)c2)C1. The van der Waals surface area contributed by atoms with E-state index in [9.17, 15) is 9.90 Å². The van der Waals surface area contributed by atoms with Crippen LogP contribution >= 0.6 is 23.2 Å². The standard InChI is InChI=1S/C13H16Cl2N2O2/c1-8(18)9-3-2-4-17(7-9)13(19)10-5-11(14)16-12(15)6-10/h5-6,8-9,18H,2-4,7H2,1H3. The van der Waals surface area contributed by atoms with Gasteiger partial charge in [-0.3, -0.25) is 4.79 Å². The van der Waals surface area contributed by atoms with Crippen molar-refractivity contribution in [2.75, 3.05) is 13.1 Å². The predicted molar refractivity (Wildman–Crippen MR) is 74.6 cm³/mol. The highest BCUT2D eigenvalue weighted by molar-refractivity contribution is 6.33. The highest BCUT2D eigenvalue weighted by atomic mass is 35.5. The second-order valence-electron chi connectivity index (χ2n) is 4.90. The summed E-state index contributed by atoms with van der Waals surface area (Å²) in [5, 5.41) is 10.1. The number of likely N-dealkylation sites (tertiary alicyclic amines) is 1. The average Bonchev–Trinajstić information content (AvgIpc) is 2.37. The number of aliphatic hydroxyl groups is 1. The van der Waals surface area contributed by atoms with E-state index in [1.807, 2.05) is 0 Å². The molecule has 1 N–H and O–H groups in total. The minimum Gasteiger partial charge on any atom is -0.393 e. The molecule has 0 radical (unpaired) electrons. The predicted octanol–water partition coefficient (Wildman–Crippen LogP) is 2.62. The van der Waals surface area contributed by atoms with E-state index in [0.29, 0.717) is 18.7 Å². The second kappa shape index (κ2) is 6.07. The fraction of sp³-hybridized carbons (Fsp3) is 0.538. The Morgan fingerprint density at radius 2 is 2.11 bits per heavy atom. The number of aliphatic hydroxyl groups excluding tert-OH is 1. The molecule has 0 bridgehead atoms. The van der Waals surface area contributed by atoms with Crippen molar-refractivity contribution in [3.05, 3.63) is 28.0 Å². The monoisotopic (exact) mass is 302 g/mol. The molecule has 4 nitrogen and oxygen atoms in total. The molecule has 1 aliphatic heterocycles. The first-order valence-electron chi connectivity index (χ1n) is 6.28. The Morgan fingerprint density at radius 1 is 1.47 bits per heavy atom. The van der Waals surface area contributed by atoms with Gasteiger partial charge >= 0.3 is 0 Å². The minimum atomic E-state index is -0.403. The third-order valence-corrected chi connectivity index (χ3v) is 3.82. The number of hydrogen-bond donors (Lipinski definition) is 1. The number of amides is 1. The summed E-state index contributed by atoms with van der Waals surface area (Å²) in [4.78, 5) is 17.9. The topological polar surface area (TPSA) is 53.4 Å². The van der Waals surface area contributed by atoms with E-state index in [0.717, 1.165) is 12.8 Å². The number of piperidine rings is 1. The summed E-state index contributed by atoms with van der Waals surface area (Å²) in [5.41, 5.74) is 0.441. The molecule has 1 fully saturated rings. The number of pyridine rings is 1. The molecule has 0 aromatic carbocycles. The smallest absolute Gasteiger partial charge is 0.254 e. The Balaban J connectivity index is 2.14. The summed E-state index contributed by atoms with van der Waals surface area (Å²) < 4.78 is 0. The molecule has 2 rings (SSSR count). The first-order valence-corrected chi connectivity index (χ1v) is 7.03. The molecule has 1 aromatic rings. The van der Waals surface area contributed by atoms with Crippen LogP contribution in [0.3, 0.4) is 0 Å². The van der Waals surface area contributed by atoms with E-state index >= 15 is 0 Å². The fourth-order valence-electron chi connectivity index (χ4n) is 2.36. The zero-order chi connectivity index (χ0) is 14.0. The Labute approximate surface area is 122 Å². The number of halogens is 2. The molecule has 1 amide bonds. The minimum absolute atomic E-state index is 0.114. The number of carbonyl (C=O) groups excluding carboxylic acids is 1. The molecule has 19 heavy (non-hydrogen) atoms. The quantitative estimate of drug-likeness (QED) is 0.855. The van der Waals surface area contributed by atoms with Crippen LogP contribution in [0.5, 0.6) is 0 Å². The van der Waals surface area contributed by atoms with Gasteiger partial charge in [0.1, 0.15) is 10.3 Å². The molecule has 1 aromatic heterocycles. The van der Waals surface area contributed by atoms with Crippen LogP contribution in [0, 0.1) is 5.92 Å². The molecule has 104 valence electrons. The van der Waals surface area contributed by atoms with Crippen LogP contribution in [-0.2, 0) is 0 Å². The lowest BCUT2D eigenvalue weighted by atomic mass is 9.93. The van der Waals surface area contributed by atoms with Crippen molar-refractivity contribution in [1.82, 2.24) is 9.88 Å². The summed E-state index contributed by atoms with van der Waals surface area (Å²) in [6.07, 6.45) is 1.44. The highest BCUT2D eigenvalue weighted by Crippen LogP contribution is 2.23. The molecule has 0 spiro atoms. The molecule has 6 heteroatoms. The lowest BCUT2D eigenvalue weighted by molar-refractivity contribution is 0.0466. The molecule has 2 unspecified atom stereocenters. The Morgan fingerprint density at radius 3 is 2.68 bits per heavy atom. The van der Waals surface area contributed by atoms with Gasteiger partial charge in [-0.2, -0.15) is 0 Å². The zero-order valence-corrected chi connectivity index (χ0v) is 12.2. The van der Waals surface area contributed by atoms with Crippen molar-refractivity contribution >= 4 is 29.1 Å². The number of aromatic nitrogens is 1. The van der Waals surface area contributed by atoms with Gasteiger partial charge in [-0.25, -0.2) is 4.98 Å². The lowest BCUT2D eigenvalue weighted by Crippen LogP contribution is -2.42. The van der Waals surface area contributed by atoms with Crippen molar-refractivity contribution in [3.63, 3.8) is 0 Å². The maximum atomic E-state index is 12.4. The maximum Gasteiger partial charge on any atom is 0.254 e. The summed E-state index contributed by atoms with van der Waals surface area (Å²) in [6.45, 7) is 3.02. The lowest BCUT2D eigenvalue weighted by Gasteiger charge is -2.34. The van der Waals surface area contributed by atoms with E-state index < -0.39 is 6.10 Å². The van der Waals surface area contributed by atoms with E-state index in [4.69, 9.17) is 23.2 Å². The summed E-state index contributed by atoms with van der Waals surface area (Å²) in [6, 6.07) is 3.03. The molecule has 1 aliphatic rings. The van der Waals surface area contributed by atoms with E-state index in [1.165, 1.54) is 12.1 Å². The van der Waals surface area contributed by atoms with Crippen LogP contribution < -0.4 is 0 Å². The van der Waals surface area contributed by atoms with Crippen LogP contribution in [0.25, 0.3) is 0 Å². The Hall–Kier alpha value is -0.840. The molecule has 0 saturated carbocycles. The number of nitrogens with zero attached hydrogens (tertiary/aromatic N) is 2. The maximum absolute atomic E-state index is 12.4. The largest absolute Gasteiger partial charge is 0.393 e. The summed E-state index contributed by atoms with van der Waals surface area (Å²) in [5.74, 6) is 0.0158. The second-order valence-corrected chi connectivity index (χ2v) is 5.67. The van der Waals surface area contributed by atoms with E-state index in [2.05, 4.69) is 4.98 Å². The summed E-state index contributed by atoms with van der Waals surface area (Å²) in [7, 11) is 0. The van der Waals surface area contributed by atoms with Crippen molar-refractivity contribution < 1.29 is 9.90 Å². The van der Waals surface area contributed by atoms with Gasteiger partial charge in [-0.15, -0.1) is 0 Å². The van der Waals surface area contributed by atoms with Gasteiger partial charge in [0.15, 0.2) is 0 Å². The third-order valence-electron chi connectivity index (χ3n) is 3.44. The highest BCUT2D eigenvalue weighted by Gasteiger charge is 2.27. The van der Waals surface area contributed by atoms with Crippen molar-refractivity contribution in [1.29, 1.82) is 0 Å². The molecular weight excluding hydrogens is 287 g/mol. The van der Waals surface area contributed by atoms with Gasteiger partial charge in [0.05, 0.1) is 6.10 Å². The van der Waals surface area contributed by atoms with Gasteiger partial charge in [0.25, 0.3) is 5.91 Å². The van der Waals surface area contributed by atoms with Crippen LogP contribution in [0.1, 0.15) is 30.1 Å². The number of carbonyl (C=O) groups is 1. The summed E-state index contributed by atoms with van der Waals surface area (Å²) >= 11 is 11.6. The zero-order valence-electron chi connectivity index (χ0n) is 10.6. The van der Waals surface area contributed by atoms with Gasteiger partial charge in [-0.1, -0.05) is 23.2 Å². The van der Waals surface area contributed by atoms with Crippen LogP contribution in [0.2, 0.25) is 10.3 Å². The van der Waals surface area contributed by atoms with Gasteiger partial charge in [0, 0.05) is 24.6 Å². The average molecular weight is 303 g/mol. The Bertz CT molecular complexity index is 459. The first-order chi connectivity index (χ1) is 8.97.